The van der Waals surface area contributed by atoms with Gasteiger partial charge in [0.05, 0.1) is 17.7 Å². The molecule has 2 aliphatic rings. The van der Waals surface area contributed by atoms with Crippen LogP contribution in [0.25, 0.3) is 0 Å². The standard InChI is InChI=1S/C21H24N2O5/c1-20(2,3)28-19(27)22(4)21(11-12-21)10-9-14(24)13-23-17(25)15-7-5-6-8-16(15)18(23)26/h5-8,14,24H,11-13H2,1-4H3. The first kappa shape index (κ1) is 19.9. The highest BCUT2D eigenvalue weighted by atomic mass is 16.6. The van der Waals surface area contributed by atoms with Gasteiger partial charge in [0.15, 0.2) is 0 Å². The summed E-state index contributed by atoms with van der Waals surface area (Å²) in [6.45, 7) is 5.15. The van der Waals surface area contributed by atoms with Crippen molar-refractivity contribution in [2.75, 3.05) is 13.6 Å². The van der Waals surface area contributed by atoms with E-state index in [1.54, 1.807) is 52.1 Å². The third-order valence-electron chi connectivity index (χ3n) is 4.74. The van der Waals surface area contributed by atoms with E-state index in [1.165, 1.54) is 4.90 Å². The number of hydrogen-bond donors (Lipinski definition) is 1. The normalized spacial score (nSPS) is 18.1. The number of β-amino-alcohol motifs (C(OH)–C–C–N with tert-alkyl or cyclic N) is 1. The van der Waals surface area contributed by atoms with Crippen molar-refractivity contribution in [3.63, 3.8) is 0 Å². The molecule has 1 aromatic carbocycles. The van der Waals surface area contributed by atoms with Gasteiger partial charge in [-0.05, 0) is 45.7 Å². The maximum atomic E-state index is 12.4. The molecule has 7 nitrogen and oxygen atoms in total. The lowest BCUT2D eigenvalue weighted by molar-refractivity contribution is 0.0242. The van der Waals surface area contributed by atoms with Gasteiger partial charge in [-0.2, -0.15) is 0 Å². The number of fused-ring (bicyclic) bond motifs is 1. The zero-order chi connectivity index (χ0) is 20.7. The quantitative estimate of drug-likeness (QED) is 0.637. The SMILES string of the molecule is CN(C(=O)OC(C)(C)C)C1(C#CC(O)CN2C(=O)c3ccccc3C2=O)CC1. The maximum Gasteiger partial charge on any atom is 0.411 e. The number of ether oxygens (including phenoxy) is 1. The van der Waals surface area contributed by atoms with Crippen LogP contribution in [0.2, 0.25) is 0 Å². The van der Waals surface area contributed by atoms with Crippen molar-refractivity contribution in [1.82, 2.24) is 9.80 Å². The predicted octanol–water partition coefficient (Wildman–Crippen LogP) is 2.05. The Morgan fingerprint density at radius 1 is 1.25 bits per heavy atom. The molecule has 0 aromatic heterocycles. The van der Waals surface area contributed by atoms with Crippen LogP contribution in [-0.4, -0.2) is 63.7 Å². The Kier molecular flexibility index (Phi) is 4.94. The maximum absolute atomic E-state index is 12.4. The molecule has 1 aromatic rings. The molecule has 1 heterocycles. The van der Waals surface area contributed by atoms with Crippen LogP contribution in [0.1, 0.15) is 54.3 Å². The Balaban J connectivity index is 1.66. The van der Waals surface area contributed by atoms with E-state index in [2.05, 4.69) is 11.8 Å². The van der Waals surface area contributed by atoms with Crippen molar-refractivity contribution < 1.29 is 24.2 Å². The molecule has 7 heteroatoms. The molecule has 0 radical (unpaired) electrons. The van der Waals surface area contributed by atoms with Gasteiger partial charge in [-0.1, -0.05) is 24.0 Å². The van der Waals surface area contributed by atoms with Gasteiger partial charge in [-0.3, -0.25) is 19.4 Å². The van der Waals surface area contributed by atoms with Crippen molar-refractivity contribution in [2.24, 2.45) is 0 Å². The number of aliphatic hydroxyl groups excluding tert-OH is 1. The van der Waals surface area contributed by atoms with Crippen LogP contribution in [-0.2, 0) is 4.74 Å². The molecule has 148 valence electrons. The fourth-order valence-corrected chi connectivity index (χ4v) is 3.01. The third-order valence-corrected chi connectivity index (χ3v) is 4.74. The second kappa shape index (κ2) is 6.95. The first-order valence-corrected chi connectivity index (χ1v) is 9.17. The lowest BCUT2D eigenvalue weighted by atomic mass is 10.1. The molecule has 28 heavy (non-hydrogen) atoms. The fourth-order valence-electron chi connectivity index (χ4n) is 3.01. The minimum absolute atomic E-state index is 0.217. The van der Waals surface area contributed by atoms with Crippen LogP contribution >= 0.6 is 0 Å². The number of amides is 3. The average Bonchev–Trinajstić information content (AvgIpc) is 3.38. The van der Waals surface area contributed by atoms with Gasteiger partial charge < -0.3 is 9.84 Å². The van der Waals surface area contributed by atoms with Crippen LogP contribution in [0.5, 0.6) is 0 Å². The summed E-state index contributed by atoms with van der Waals surface area (Å²) in [5.41, 5.74) is -0.627. The van der Waals surface area contributed by atoms with Crippen LogP contribution in [0, 0.1) is 11.8 Å². The van der Waals surface area contributed by atoms with Crippen molar-refractivity contribution in [1.29, 1.82) is 0 Å². The summed E-state index contributed by atoms with van der Waals surface area (Å²) in [6.07, 6.45) is -0.328. The van der Waals surface area contributed by atoms with Crippen molar-refractivity contribution in [3.05, 3.63) is 35.4 Å². The van der Waals surface area contributed by atoms with Crippen LogP contribution in [0.4, 0.5) is 4.79 Å². The van der Waals surface area contributed by atoms with E-state index in [1.807, 2.05) is 0 Å². The summed E-state index contributed by atoms with van der Waals surface area (Å²) in [6, 6.07) is 6.55. The van der Waals surface area contributed by atoms with E-state index in [0.29, 0.717) is 24.0 Å². The van der Waals surface area contributed by atoms with Gasteiger partial charge >= 0.3 is 6.09 Å². The highest BCUT2D eigenvalue weighted by molar-refractivity contribution is 6.21. The van der Waals surface area contributed by atoms with Crippen molar-refractivity contribution in [3.8, 4) is 11.8 Å². The van der Waals surface area contributed by atoms with E-state index in [4.69, 9.17) is 4.74 Å². The average molecular weight is 384 g/mol. The molecular weight excluding hydrogens is 360 g/mol. The van der Waals surface area contributed by atoms with Gasteiger partial charge in [0, 0.05) is 7.05 Å². The lowest BCUT2D eigenvalue weighted by Gasteiger charge is -2.28. The smallest absolute Gasteiger partial charge is 0.411 e. The minimum Gasteiger partial charge on any atom is -0.444 e. The summed E-state index contributed by atoms with van der Waals surface area (Å²) in [5, 5.41) is 10.3. The summed E-state index contributed by atoms with van der Waals surface area (Å²) in [5.74, 6) is 4.75. The molecule has 1 aliphatic carbocycles. The Bertz CT molecular complexity index is 851. The van der Waals surface area contributed by atoms with E-state index in [9.17, 15) is 19.5 Å². The first-order valence-electron chi connectivity index (χ1n) is 9.17. The number of carbonyl (C=O) groups is 3. The van der Waals surface area contributed by atoms with Gasteiger partial charge in [-0.15, -0.1) is 0 Å². The summed E-state index contributed by atoms with van der Waals surface area (Å²) in [7, 11) is 1.62. The number of imide groups is 1. The number of carbonyl (C=O) groups excluding carboxylic acids is 3. The number of nitrogens with zero attached hydrogens (tertiary/aromatic N) is 2. The number of hydrogen-bond acceptors (Lipinski definition) is 5. The molecule has 1 saturated carbocycles. The van der Waals surface area contributed by atoms with Crippen LogP contribution in [0.3, 0.4) is 0 Å². The van der Waals surface area contributed by atoms with E-state index >= 15 is 0 Å². The first-order chi connectivity index (χ1) is 13.0. The molecule has 0 bridgehead atoms. The Morgan fingerprint density at radius 2 is 1.79 bits per heavy atom. The zero-order valence-electron chi connectivity index (χ0n) is 16.5. The Hall–Kier alpha value is -2.85. The predicted molar refractivity (Wildman–Crippen MR) is 102 cm³/mol. The fraction of sp³-hybridized carbons (Fsp3) is 0.476. The molecule has 0 spiro atoms. The van der Waals surface area contributed by atoms with E-state index in [0.717, 1.165) is 4.90 Å². The second-order valence-electron chi connectivity index (χ2n) is 8.12. The molecule has 3 rings (SSSR count). The molecule has 1 fully saturated rings. The van der Waals surface area contributed by atoms with Crippen molar-refractivity contribution >= 4 is 17.9 Å². The number of rotatable bonds is 3. The highest BCUT2D eigenvalue weighted by Crippen LogP contribution is 2.41. The molecule has 1 N–H and O–H groups in total. The van der Waals surface area contributed by atoms with Gasteiger partial charge in [0.2, 0.25) is 0 Å². The molecule has 1 aliphatic heterocycles. The highest BCUT2D eigenvalue weighted by Gasteiger charge is 2.48. The topological polar surface area (TPSA) is 87.2 Å². The summed E-state index contributed by atoms with van der Waals surface area (Å²) < 4.78 is 5.36. The van der Waals surface area contributed by atoms with E-state index in [-0.39, 0.29) is 6.54 Å². The minimum atomic E-state index is -1.20. The number of benzene rings is 1. The Morgan fingerprint density at radius 3 is 2.25 bits per heavy atom. The summed E-state index contributed by atoms with van der Waals surface area (Å²) in [4.78, 5) is 39.4. The molecular formula is C21H24N2O5. The van der Waals surface area contributed by atoms with Gasteiger partial charge in [0.25, 0.3) is 11.8 Å². The monoisotopic (exact) mass is 384 g/mol. The molecule has 1 unspecified atom stereocenters. The third kappa shape index (κ3) is 3.87. The largest absolute Gasteiger partial charge is 0.444 e. The van der Waals surface area contributed by atoms with Gasteiger partial charge in [-0.25, -0.2) is 4.79 Å². The van der Waals surface area contributed by atoms with E-state index < -0.39 is 35.2 Å². The van der Waals surface area contributed by atoms with Crippen molar-refractivity contribution in [2.45, 2.75) is 50.9 Å². The lowest BCUT2D eigenvalue weighted by Crippen LogP contribution is -2.42. The van der Waals surface area contributed by atoms with Crippen LogP contribution in [0.15, 0.2) is 24.3 Å². The van der Waals surface area contributed by atoms with Crippen LogP contribution < -0.4 is 0 Å². The molecule has 0 saturated heterocycles. The van der Waals surface area contributed by atoms with Gasteiger partial charge in [0.1, 0.15) is 17.2 Å². The Labute approximate surface area is 164 Å². The number of aliphatic hydroxyl groups is 1. The zero-order valence-corrected chi connectivity index (χ0v) is 16.5. The second-order valence-corrected chi connectivity index (χ2v) is 8.12. The molecule has 1 atom stereocenters. The molecule has 3 amide bonds. The summed E-state index contributed by atoms with van der Waals surface area (Å²) >= 11 is 0.